The Balaban J connectivity index is 1.55. The van der Waals surface area contributed by atoms with Crippen LogP contribution in [0.3, 0.4) is 0 Å². The van der Waals surface area contributed by atoms with Crippen LogP contribution in [0.25, 0.3) is 6.08 Å². The van der Waals surface area contributed by atoms with E-state index in [2.05, 4.69) is 33.5 Å². The predicted octanol–water partition coefficient (Wildman–Crippen LogP) is 4.04. The topological polar surface area (TPSA) is 163 Å². The minimum Gasteiger partial charge on any atom is -0.493 e. The molecule has 2 atom stereocenters. The number of nitrogens with one attached hydrogen (secondary N) is 1. The van der Waals surface area contributed by atoms with E-state index in [1.165, 1.54) is 12.6 Å². The van der Waals surface area contributed by atoms with Crippen molar-refractivity contribution in [2.75, 3.05) is 25.7 Å². The number of carboxylic acid groups (broad SMARTS) is 1. The second-order valence-corrected chi connectivity index (χ2v) is 10.7. The number of carboxylic acids is 1. The third-order valence-electron chi connectivity index (χ3n) is 8.22. The summed E-state index contributed by atoms with van der Waals surface area (Å²) in [6.45, 7) is 0. The average molecular weight is 558 g/mol. The number of ether oxygens (including phenoxy) is 2. The number of carbonyl (C=O) groups excluding carboxylic acids is 1. The first-order valence-electron chi connectivity index (χ1n) is 13.7. The van der Waals surface area contributed by atoms with Crippen molar-refractivity contribution in [1.82, 2.24) is 15.3 Å². The van der Waals surface area contributed by atoms with Gasteiger partial charge in [-0.05, 0) is 36.5 Å². The summed E-state index contributed by atoms with van der Waals surface area (Å²) in [4.78, 5) is 32.6. The molecule has 1 aromatic carbocycles. The Kier molecular flexibility index (Phi) is 7.83. The highest BCUT2D eigenvalue weighted by Crippen LogP contribution is 2.47. The number of nitrogens with zero attached hydrogens (tertiary/aromatic N) is 2. The highest BCUT2D eigenvalue weighted by molar-refractivity contribution is 6.19. The van der Waals surface area contributed by atoms with Crippen molar-refractivity contribution in [3.8, 4) is 11.5 Å². The predicted molar refractivity (Wildman–Crippen MR) is 156 cm³/mol. The van der Waals surface area contributed by atoms with Gasteiger partial charge in [0.1, 0.15) is 11.4 Å². The number of ketones is 1. The molecule has 41 heavy (non-hydrogen) atoms. The maximum absolute atomic E-state index is 12.9. The Morgan fingerprint density at radius 2 is 1.98 bits per heavy atom. The highest BCUT2D eigenvalue weighted by atomic mass is 16.5. The molecule has 214 valence electrons. The molecular weight excluding hydrogens is 522 g/mol. The molecule has 1 aliphatic heterocycles. The van der Waals surface area contributed by atoms with E-state index in [0.717, 1.165) is 42.4 Å². The van der Waals surface area contributed by atoms with Gasteiger partial charge in [-0.25, -0.2) is 9.78 Å². The van der Waals surface area contributed by atoms with E-state index in [0.29, 0.717) is 35.4 Å². The zero-order valence-electron chi connectivity index (χ0n) is 23.2. The second-order valence-electron chi connectivity index (χ2n) is 10.7. The standard InChI is InChI=1S/C31H35N5O5/c1-40-25-14-18(13-20-16-35-30(33)36-28(20)32)12-19(27(25)41-2)8-10-31(21-6-4-3-5-7-21)11-9-22-24(15-31)34-17-23(26(22)37)29(38)39/h8-12,14-17,21-22,34H,3-7,13H2,1-2H3,(H,38,39)(H4,32,33,35,36)/b10-8+. The van der Waals surface area contributed by atoms with Gasteiger partial charge in [0.15, 0.2) is 17.3 Å². The summed E-state index contributed by atoms with van der Waals surface area (Å²) in [5.41, 5.74) is 14.3. The molecule has 2 aromatic rings. The number of anilines is 2. The minimum atomic E-state index is -1.23. The molecule has 5 rings (SSSR count). The first kappa shape index (κ1) is 27.9. The fraction of sp³-hybridized carbons (Fsp3) is 0.355. The molecule has 3 aliphatic rings. The summed E-state index contributed by atoms with van der Waals surface area (Å²) in [6, 6.07) is 3.93. The van der Waals surface area contributed by atoms with Crippen LogP contribution in [0.4, 0.5) is 11.8 Å². The van der Waals surface area contributed by atoms with Crippen LogP contribution < -0.4 is 26.3 Å². The fourth-order valence-corrected chi connectivity index (χ4v) is 6.10. The number of hydrogen-bond donors (Lipinski definition) is 4. The molecule has 10 nitrogen and oxygen atoms in total. The van der Waals surface area contributed by atoms with Gasteiger partial charge >= 0.3 is 5.97 Å². The van der Waals surface area contributed by atoms with Crippen molar-refractivity contribution in [1.29, 1.82) is 0 Å². The third kappa shape index (κ3) is 5.54. The van der Waals surface area contributed by atoms with E-state index in [1.54, 1.807) is 20.4 Å². The molecule has 0 saturated heterocycles. The van der Waals surface area contributed by atoms with Gasteiger partial charge in [-0.15, -0.1) is 0 Å². The smallest absolute Gasteiger partial charge is 0.340 e. The minimum absolute atomic E-state index is 0.121. The zero-order chi connectivity index (χ0) is 29.1. The van der Waals surface area contributed by atoms with Crippen molar-refractivity contribution in [2.24, 2.45) is 17.3 Å². The summed E-state index contributed by atoms with van der Waals surface area (Å²) in [6.07, 6.45) is 19.2. The van der Waals surface area contributed by atoms with E-state index in [1.807, 2.05) is 24.3 Å². The summed E-state index contributed by atoms with van der Waals surface area (Å²) in [5.74, 6) is -0.340. The fourth-order valence-electron chi connectivity index (χ4n) is 6.10. The van der Waals surface area contributed by atoms with E-state index in [9.17, 15) is 14.7 Å². The van der Waals surface area contributed by atoms with Gasteiger partial charge < -0.3 is 31.4 Å². The normalized spacial score (nSPS) is 22.5. The van der Waals surface area contributed by atoms with Crippen LogP contribution in [-0.4, -0.2) is 41.0 Å². The Bertz CT molecular complexity index is 1490. The van der Waals surface area contributed by atoms with Gasteiger partial charge in [-0.2, -0.15) is 4.98 Å². The van der Waals surface area contributed by atoms with Gasteiger partial charge in [-0.1, -0.05) is 49.6 Å². The number of fused-ring (bicyclic) bond motifs is 1. The number of methoxy groups -OCH3 is 2. The lowest BCUT2D eigenvalue weighted by atomic mass is 9.65. The van der Waals surface area contributed by atoms with Crippen LogP contribution in [0.2, 0.25) is 0 Å². The van der Waals surface area contributed by atoms with Gasteiger partial charge in [0.25, 0.3) is 0 Å². The van der Waals surface area contributed by atoms with Gasteiger partial charge in [0, 0.05) is 41.1 Å². The molecule has 2 unspecified atom stereocenters. The SMILES string of the molecule is COc1cc(Cc2cnc(N)nc2N)cc(/C=C/C2(C3CCCCC3)C=CC3C(=O)C(C(=O)O)=CNC3=C2)c1OC. The van der Waals surface area contributed by atoms with Crippen LogP contribution in [0, 0.1) is 17.3 Å². The number of aromatic nitrogens is 2. The summed E-state index contributed by atoms with van der Waals surface area (Å²) >= 11 is 0. The molecule has 2 aliphatic carbocycles. The zero-order valence-corrected chi connectivity index (χ0v) is 23.2. The summed E-state index contributed by atoms with van der Waals surface area (Å²) in [5, 5.41) is 12.5. The molecule has 0 bridgehead atoms. The van der Waals surface area contributed by atoms with Crippen LogP contribution >= 0.6 is 0 Å². The first-order valence-corrected chi connectivity index (χ1v) is 13.7. The maximum atomic E-state index is 12.9. The lowest BCUT2D eigenvalue weighted by molar-refractivity contribution is -0.135. The molecular formula is C31H35N5O5. The van der Waals surface area contributed by atoms with Crippen molar-refractivity contribution in [3.05, 3.63) is 76.8 Å². The lowest BCUT2D eigenvalue weighted by Crippen LogP contribution is -2.38. The maximum Gasteiger partial charge on any atom is 0.340 e. The lowest BCUT2D eigenvalue weighted by Gasteiger charge is -2.40. The van der Waals surface area contributed by atoms with Crippen molar-refractivity contribution in [2.45, 2.75) is 38.5 Å². The number of allylic oxidation sites excluding steroid dienone is 4. The summed E-state index contributed by atoms with van der Waals surface area (Å²) < 4.78 is 11.4. The number of carbonyl (C=O) groups is 2. The van der Waals surface area contributed by atoms with E-state index >= 15 is 0 Å². The molecule has 10 heteroatoms. The van der Waals surface area contributed by atoms with Crippen LogP contribution in [-0.2, 0) is 16.0 Å². The number of Topliss-reactive ketones (excluding diaryl/α,β-unsaturated/α-hetero) is 1. The molecule has 0 amide bonds. The molecule has 1 saturated carbocycles. The Hall–Kier alpha value is -4.60. The molecule has 1 fully saturated rings. The molecule has 0 radical (unpaired) electrons. The van der Waals surface area contributed by atoms with E-state index in [-0.39, 0.29) is 11.5 Å². The van der Waals surface area contributed by atoms with Crippen molar-refractivity contribution < 1.29 is 24.2 Å². The van der Waals surface area contributed by atoms with Gasteiger partial charge in [0.05, 0.1) is 20.1 Å². The number of hydrogen-bond acceptors (Lipinski definition) is 9. The number of nitrogens with two attached hydrogens (primary N) is 2. The third-order valence-corrected chi connectivity index (χ3v) is 8.22. The molecule has 0 spiro atoms. The monoisotopic (exact) mass is 557 g/mol. The number of benzene rings is 1. The number of aliphatic carboxylic acids is 1. The average Bonchev–Trinajstić information content (AvgIpc) is 2.97. The Morgan fingerprint density at radius 1 is 1.20 bits per heavy atom. The van der Waals surface area contributed by atoms with Crippen LogP contribution in [0.5, 0.6) is 11.5 Å². The molecule has 1 aromatic heterocycles. The quantitative estimate of drug-likeness (QED) is 0.275. The Morgan fingerprint density at radius 3 is 2.66 bits per heavy atom. The molecule has 6 N–H and O–H groups in total. The van der Waals surface area contributed by atoms with Crippen LogP contribution in [0.15, 0.2) is 60.1 Å². The number of rotatable bonds is 8. The van der Waals surface area contributed by atoms with Crippen LogP contribution in [0.1, 0.15) is 48.8 Å². The summed E-state index contributed by atoms with van der Waals surface area (Å²) in [7, 11) is 3.20. The molecule has 2 heterocycles. The first-order chi connectivity index (χ1) is 19.7. The van der Waals surface area contributed by atoms with Crippen molar-refractivity contribution in [3.63, 3.8) is 0 Å². The van der Waals surface area contributed by atoms with Gasteiger partial charge in [0.2, 0.25) is 5.95 Å². The van der Waals surface area contributed by atoms with E-state index < -0.39 is 23.1 Å². The largest absolute Gasteiger partial charge is 0.493 e. The van der Waals surface area contributed by atoms with Gasteiger partial charge in [-0.3, -0.25) is 4.79 Å². The highest BCUT2D eigenvalue weighted by Gasteiger charge is 2.40. The number of nitrogen functional groups attached to an aromatic ring is 2. The van der Waals surface area contributed by atoms with E-state index in [4.69, 9.17) is 20.9 Å². The second kappa shape index (κ2) is 11.5. The van der Waals surface area contributed by atoms with Crippen molar-refractivity contribution >= 4 is 29.6 Å². The Labute approximate surface area is 238 Å².